The summed E-state index contributed by atoms with van der Waals surface area (Å²) in [5, 5.41) is 0. The molecule has 0 fully saturated rings. The van der Waals surface area contributed by atoms with Crippen LogP contribution in [0, 0.1) is 5.92 Å². The van der Waals surface area contributed by atoms with Gasteiger partial charge in [0.25, 0.3) is 0 Å². The number of carbonyl (C=O) groups is 1. The maximum absolute atomic E-state index is 11.5. The predicted octanol–water partition coefficient (Wildman–Crippen LogP) is 6.01. The third kappa shape index (κ3) is 16.0. The number of halogens is 1. The van der Waals surface area contributed by atoms with E-state index in [1.54, 1.807) is 0 Å². The summed E-state index contributed by atoms with van der Waals surface area (Å²) in [4.78, 5) is 11.5. The number of hydrogen-bond donors (Lipinski definition) is 1. The summed E-state index contributed by atoms with van der Waals surface area (Å²) >= 11 is 0. The fourth-order valence-electron chi connectivity index (χ4n) is 2.77. The molecule has 0 aromatic heterocycles. The van der Waals surface area contributed by atoms with Crippen LogP contribution in [0.25, 0.3) is 0 Å². The van der Waals surface area contributed by atoms with Gasteiger partial charge in [-0.25, -0.2) is 0 Å². The molecular formula is C18H38ClNO. The first kappa shape index (κ1) is 23.0. The molecule has 1 amide bonds. The first-order chi connectivity index (χ1) is 9.72. The van der Waals surface area contributed by atoms with Crippen molar-refractivity contribution < 1.29 is 4.79 Å². The Balaban J connectivity index is 0. The van der Waals surface area contributed by atoms with Crippen LogP contribution in [-0.2, 0) is 4.79 Å². The Labute approximate surface area is 139 Å². The molecule has 0 aliphatic rings. The van der Waals surface area contributed by atoms with Crippen LogP contribution in [0.15, 0.2) is 0 Å². The second-order valence-corrected chi connectivity index (χ2v) is 6.21. The zero-order valence-electron chi connectivity index (χ0n) is 14.4. The van der Waals surface area contributed by atoms with Crippen molar-refractivity contribution >= 4 is 18.3 Å². The summed E-state index contributed by atoms with van der Waals surface area (Å²) in [7, 11) is 0. The summed E-state index contributed by atoms with van der Waals surface area (Å²) in [5.41, 5.74) is 5.52. The van der Waals surface area contributed by atoms with Gasteiger partial charge >= 0.3 is 0 Å². The highest BCUT2D eigenvalue weighted by molar-refractivity contribution is 5.85. The predicted molar refractivity (Wildman–Crippen MR) is 95.9 cm³/mol. The number of rotatable bonds is 15. The standard InChI is InChI=1S/C18H37NO.ClH/c1-3-5-7-9-11-13-15-17(18(19)20)16-14-12-10-8-6-4-2;/h17H,3-16H2,1-2H3,(H2,19,20);1H. The SMILES string of the molecule is CCCCCCCCC(CCCCCCCC)C(N)=O.Cl. The number of carbonyl (C=O) groups excluding carboxylic acids is 1. The van der Waals surface area contributed by atoms with Crippen molar-refractivity contribution in [2.24, 2.45) is 11.7 Å². The molecule has 0 radical (unpaired) electrons. The van der Waals surface area contributed by atoms with E-state index < -0.39 is 0 Å². The van der Waals surface area contributed by atoms with E-state index in [9.17, 15) is 4.79 Å². The highest BCUT2D eigenvalue weighted by atomic mass is 35.5. The highest BCUT2D eigenvalue weighted by Crippen LogP contribution is 2.18. The van der Waals surface area contributed by atoms with Crippen molar-refractivity contribution in [3.05, 3.63) is 0 Å². The molecule has 21 heavy (non-hydrogen) atoms. The monoisotopic (exact) mass is 319 g/mol. The van der Waals surface area contributed by atoms with E-state index in [4.69, 9.17) is 5.73 Å². The molecule has 0 aromatic carbocycles. The van der Waals surface area contributed by atoms with E-state index in [0.29, 0.717) is 0 Å². The molecule has 0 heterocycles. The number of amides is 1. The van der Waals surface area contributed by atoms with Gasteiger partial charge in [0.2, 0.25) is 5.91 Å². The summed E-state index contributed by atoms with van der Waals surface area (Å²) in [5.74, 6) is 0.0551. The smallest absolute Gasteiger partial charge is 0.220 e. The molecule has 0 atom stereocenters. The summed E-state index contributed by atoms with van der Waals surface area (Å²) < 4.78 is 0. The maximum Gasteiger partial charge on any atom is 0.220 e. The lowest BCUT2D eigenvalue weighted by Gasteiger charge is -2.13. The Hall–Kier alpha value is -0.240. The molecule has 0 unspecified atom stereocenters. The lowest BCUT2D eigenvalue weighted by molar-refractivity contribution is -0.122. The Morgan fingerprint density at radius 1 is 0.714 bits per heavy atom. The molecule has 0 aromatic rings. The van der Waals surface area contributed by atoms with Gasteiger partial charge in [-0.1, -0.05) is 90.9 Å². The second-order valence-electron chi connectivity index (χ2n) is 6.21. The fourth-order valence-corrected chi connectivity index (χ4v) is 2.77. The van der Waals surface area contributed by atoms with Gasteiger partial charge in [0.05, 0.1) is 0 Å². The van der Waals surface area contributed by atoms with Crippen LogP contribution < -0.4 is 5.73 Å². The Morgan fingerprint density at radius 2 is 1.05 bits per heavy atom. The van der Waals surface area contributed by atoms with Gasteiger partial charge in [-0.3, -0.25) is 4.79 Å². The normalized spacial score (nSPS) is 10.6. The molecule has 0 bridgehead atoms. The van der Waals surface area contributed by atoms with Gasteiger partial charge < -0.3 is 5.73 Å². The van der Waals surface area contributed by atoms with Crippen LogP contribution in [0.2, 0.25) is 0 Å². The van der Waals surface area contributed by atoms with Gasteiger partial charge in [-0.2, -0.15) is 0 Å². The van der Waals surface area contributed by atoms with E-state index in [-0.39, 0.29) is 24.2 Å². The largest absolute Gasteiger partial charge is 0.369 e. The van der Waals surface area contributed by atoms with Crippen LogP contribution in [0.3, 0.4) is 0 Å². The van der Waals surface area contributed by atoms with Crippen molar-refractivity contribution in [1.29, 1.82) is 0 Å². The van der Waals surface area contributed by atoms with Crippen LogP contribution in [0.4, 0.5) is 0 Å². The Morgan fingerprint density at radius 3 is 1.38 bits per heavy atom. The van der Waals surface area contributed by atoms with E-state index in [0.717, 1.165) is 12.8 Å². The number of primary amides is 1. The summed E-state index contributed by atoms with van der Waals surface area (Å²) in [6.07, 6.45) is 17.5. The lowest BCUT2D eigenvalue weighted by Crippen LogP contribution is -2.23. The van der Waals surface area contributed by atoms with E-state index in [2.05, 4.69) is 13.8 Å². The van der Waals surface area contributed by atoms with Crippen molar-refractivity contribution in [3.63, 3.8) is 0 Å². The van der Waals surface area contributed by atoms with Gasteiger partial charge in [0.15, 0.2) is 0 Å². The van der Waals surface area contributed by atoms with Crippen molar-refractivity contribution in [2.45, 2.75) is 104 Å². The first-order valence-electron chi connectivity index (χ1n) is 9.01. The van der Waals surface area contributed by atoms with Crippen LogP contribution in [0.5, 0.6) is 0 Å². The molecule has 0 saturated heterocycles. The van der Waals surface area contributed by atoms with E-state index >= 15 is 0 Å². The molecule has 3 heteroatoms. The van der Waals surface area contributed by atoms with Gasteiger partial charge in [-0.15, -0.1) is 12.4 Å². The Bertz CT molecular complexity index is 205. The Kier molecular flexibility index (Phi) is 19.5. The summed E-state index contributed by atoms with van der Waals surface area (Å²) in [6.45, 7) is 4.48. The van der Waals surface area contributed by atoms with Crippen molar-refractivity contribution in [3.8, 4) is 0 Å². The van der Waals surface area contributed by atoms with Crippen LogP contribution >= 0.6 is 12.4 Å². The van der Waals surface area contributed by atoms with Gasteiger partial charge in [-0.05, 0) is 12.8 Å². The molecule has 128 valence electrons. The van der Waals surface area contributed by atoms with Crippen molar-refractivity contribution in [1.82, 2.24) is 0 Å². The highest BCUT2D eigenvalue weighted by Gasteiger charge is 2.14. The average molecular weight is 320 g/mol. The molecule has 2 nitrogen and oxygen atoms in total. The molecule has 0 rings (SSSR count). The van der Waals surface area contributed by atoms with Gasteiger partial charge in [0, 0.05) is 5.92 Å². The quantitative estimate of drug-likeness (QED) is 0.369. The maximum atomic E-state index is 11.5. The molecule has 0 spiro atoms. The minimum absolute atomic E-state index is 0. The molecule has 2 N–H and O–H groups in total. The van der Waals surface area contributed by atoms with E-state index in [1.807, 2.05) is 0 Å². The number of hydrogen-bond acceptors (Lipinski definition) is 1. The number of unbranched alkanes of at least 4 members (excludes halogenated alkanes) is 10. The topological polar surface area (TPSA) is 43.1 Å². The van der Waals surface area contributed by atoms with Crippen molar-refractivity contribution in [2.75, 3.05) is 0 Å². The molecular weight excluding hydrogens is 282 g/mol. The molecule has 0 aliphatic carbocycles. The molecule has 0 saturated carbocycles. The number of nitrogens with two attached hydrogens (primary N) is 1. The summed E-state index contributed by atoms with van der Waals surface area (Å²) in [6, 6.07) is 0. The van der Waals surface area contributed by atoms with Crippen LogP contribution in [0.1, 0.15) is 104 Å². The average Bonchev–Trinajstić information content (AvgIpc) is 2.43. The lowest BCUT2D eigenvalue weighted by atomic mass is 9.93. The van der Waals surface area contributed by atoms with E-state index in [1.165, 1.54) is 77.0 Å². The third-order valence-electron chi connectivity index (χ3n) is 4.21. The first-order valence-corrected chi connectivity index (χ1v) is 9.01. The zero-order valence-corrected chi connectivity index (χ0v) is 15.2. The zero-order chi connectivity index (χ0) is 15.1. The van der Waals surface area contributed by atoms with Gasteiger partial charge in [0.1, 0.15) is 0 Å². The minimum atomic E-state index is -0.0767. The minimum Gasteiger partial charge on any atom is -0.369 e. The third-order valence-corrected chi connectivity index (χ3v) is 4.21. The molecule has 0 aliphatic heterocycles. The van der Waals surface area contributed by atoms with Crippen LogP contribution in [-0.4, -0.2) is 5.91 Å². The fraction of sp³-hybridized carbons (Fsp3) is 0.944. The second kappa shape index (κ2) is 17.8.